The van der Waals surface area contributed by atoms with E-state index in [0.717, 1.165) is 17.7 Å². The van der Waals surface area contributed by atoms with Gasteiger partial charge in [-0.1, -0.05) is 18.1 Å². The quantitative estimate of drug-likeness (QED) is 0.269. The molecule has 1 aromatic rings. The molecule has 1 aliphatic rings. The highest BCUT2D eigenvalue weighted by Gasteiger charge is 2.41. The molecule has 162 valence electrons. The molecule has 0 saturated carbocycles. The van der Waals surface area contributed by atoms with E-state index in [-0.39, 0.29) is 30.6 Å². The Morgan fingerprint density at radius 2 is 1.86 bits per heavy atom. The lowest BCUT2D eigenvalue weighted by atomic mass is 10.1. The molecule has 0 spiro atoms. The number of piperazine rings is 1. The number of terminal acetylenes is 1. The minimum Gasteiger partial charge on any atom is -0.481 e. The van der Waals surface area contributed by atoms with Crippen LogP contribution in [0.1, 0.15) is 12.5 Å². The number of alkyl halides is 3. The molecule has 1 unspecified atom stereocenters. The highest BCUT2D eigenvalue weighted by atomic mass is 127. The predicted octanol–water partition coefficient (Wildman–Crippen LogP) is 3.00. The number of aliphatic imine (C=N–C) groups is 1. The average molecular weight is 524 g/mol. The molecule has 1 aromatic carbocycles. The van der Waals surface area contributed by atoms with Crippen molar-refractivity contribution in [3.8, 4) is 18.1 Å². The van der Waals surface area contributed by atoms with E-state index in [1.165, 1.54) is 11.8 Å². The van der Waals surface area contributed by atoms with Gasteiger partial charge < -0.3 is 15.0 Å². The van der Waals surface area contributed by atoms with Crippen LogP contribution in [0.3, 0.4) is 0 Å². The fraction of sp³-hybridized carbons (Fsp3) is 0.550. The normalized spacial score (nSPS) is 16.6. The standard InChI is InChI=1S/C20H27F3N4O.HI/c1-4-15-28-18-7-5-17(6-8-18)9-10-25-19(24-3)27-13-11-26(12-14-27)16(2)20(21,22)23;/h1,5-8,16H,9-15H2,2-3H3,(H,24,25);1H. The zero-order chi connectivity index (χ0) is 20.6. The van der Waals surface area contributed by atoms with Crippen LogP contribution in [0.5, 0.6) is 5.75 Å². The fourth-order valence-electron chi connectivity index (χ4n) is 3.06. The third-order valence-corrected chi connectivity index (χ3v) is 4.79. The van der Waals surface area contributed by atoms with Crippen molar-refractivity contribution in [2.45, 2.75) is 25.6 Å². The van der Waals surface area contributed by atoms with Crippen molar-refractivity contribution in [1.29, 1.82) is 0 Å². The van der Waals surface area contributed by atoms with Gasteiger partial charge in [0.15, 0.2) is 5.96 Å². The number of halogens is 4. The average Bonchev–Trinajstić information content (AvgIpc) is 2.69. The lowest BCUT2D eigenvalue weighted by Crippen LogP contribution is -2.56. The highest BCUT2D eigenvalue weighted by Crippen LogP contribution is 2.25. The zero-order valence-corrected chi connectivity index (χ0v) is 19.0. The number of nitrogens with zero attached hydrogens (tertiary/aromatic N) is 3. The van der Waals surface area contributed by atoms with Gasteiger partial charge in [-0.2, -0.15) is 13.2 Å². The monoisotopic (exact) mass is 524 g/mol. The van der Waals surface area contributed by atoms with Crippen LogP contribution in [0, 0.1) is 12.3 Å². The van der Waals surface area contributed by atoms with Crippen LogP contribution in [0.25, 0.3) is 0 Å². The molecule has 9 heteroatoms. The van der Waals surface area contributed by atoms with E-state index in [4.69, 9.17) is 11.2 Å². The molecule has 5 nitrogen and oxygen atoms in total. The number of nitrogens with one attached hydrogen (secondary N) is 1. The maximum absolute atomic E-state index is 12.9. The summed E-state index contributed by atoms with van der Waals surface area (Å²) < 4.78 is 43.9. The van der Waals surface area contributed by atoms with Crippen molar-refractivity contribution in [3.05, 3.63) is 29.8 Å². The summed E-state index contributed by atoms with van der Waals surface area (Å²) in [7, 11) is 1.69. The SMILES string of the molecule is C#CCOc1ccc(CCNC(=NC)N2CCN(C(C)C(F)(F)F)CC2)cc1.I. The Bertz CT molecular complexity index is 680. The maximum atomic E-state index is 12.9. The Morgan fingerprint density at radius 1 is 1.24 bits per heavy atom. The summed E-state index contributed by atoms with van der Waals surface area (Å²) >= 11 is 0. The van der Waals surface area contributed by atoms with Gasteiger partial charge in [0.2, 0.25) is 0 Å². The fourth-order valence-corrected chi connectivity index (χ4v) is 3.06. The van der Waals surface area contributed by atoms with E-state index in [1.54, 1.807) is 7.05 Å². The zero-order valence-electron chi connectivity index (χ0n) is 16.7. The molecule has 0 aliphatic carbocycles. The van der Waals surface area contributed by atoms with Gasteiger partial charge in [0.05, 0.1) is 0 Å². The molecule has 1 N–H and O–H groups in total. The second-order valence-electron chi connectivity index (χ2n) is 6.60. The van der Waals surface area contributed by atoms with Crippen molar-refractivity contribution >= 4 is 29.9 Å². The molecule has 29 heavy (non-hydrogen) atoms. The van der Waals surface area contributed by atoms with Crippen LogP contribution in [-0.2, 0) is 6.42 Å². The Kier molecular flexibility index (Phi) is 10.6. The van der Waals surface area contributed by atoms with Crippen molar-refractivity contribution in [3.63, 3.8) is 0 Å². The van der Waals surface area contributed by atoms with Crippen LogP contribution in [0.15, 0.2) is 29.3 Å². The van der Waals surface area contributed by atoms with Crippen LogP contribution in [0.4, 0.5) is 13.2 Å². The number of benzene rings is 1. The first-order valence-electron chi connectivity index (χ1n) is 9.26. The molecule has 0 radical (unpaired) electrons. The Morgan fingerprint density at radius 3 is 2.38 bits per heavy atom. The van der Waals surface area contributed by atoms with Gasteiger partial charge in [-0.05, 0) is 31.0 Å². The lowest BCUT2D eigenvalue weighted by Gasteiger charge is -2.39. The first-order chi connectivity index (χ1) is 13.3. The molecular formula is C20H28F3IN4O. The third kappa shape index (κ3) is 7.93. The van der Waals surface area contributed by atoms with Crippen LogP contribution >= 0.6 is 24.0 Å². The van der Waals surface area contributed by atoms with E-state index < -0.39 is 12.2 Å². The molecule has 0 aromatic heterocycles. The van der Waals surface area contributed by atoms with Crippen molar-refractivity contribution in [2.75, 3.05) is 46.4 Å². The predicted molar refractivity (Wildman–Crippen MR) is 120 cm³/mol. The van der Waals surface area contributed by atoms with Gasteiger partial charge in [-0.3, -0.25) is 9.89 Å². The molecule has 2 rings (SSSR count). The molecule has 1 aliphatic heterocycles. The van der Waals surface area contributed by atoms with Gasteiger partial charge >= 0.3 is 6.18 Å². The van der Waals surface area contributed by atoms with E-state index >= 15 is 0 Å². The first-order valence-corrected chi connectivity index (χ1v) is 9.26. The molecule has 1 atom stereocenters. The summed E-state index contributed by atoms with van der Waals surface area (Å²) in [6, 6.07) is 6.30. The second-order valence-corrected chi connectivity index (χ2v) is 6.60. The highest BCUT2D eigenvalue weighted by molar-refractivity contribution is 14.0. The van der Waals surface area contributed by atoms with Crippen LogP contribution in [-0.4, -0.2) is 74.4 Å². The number of rotatable bonds is 6. The van der Waals surface area contributed by atoms with Gasteiger partial charge in [-0.15, -0.1) is 30.4 Å². The molecule has 0 amide bonds. The molecule has 1 fully saturated rings. The first kappa shape index (κ1) is 25.4. The molecule has 1 saturated heterocycles. The summed E-state index contributed by atoms with van der Waals surface area (Å²) in [4.78, 5) is 7.72. The minimum atomic E-state index is -4.19. The number of ether oxygens (including phenoxy) is 1. The Labute approximate surface area is 187 Å². The number of guanidine groups is 1. The van der Waals surface area contributed by atoms with E-state index in [9.17, 15) is 13.2 Å². The smallest absolute Gasteiger partial charge is 0.403 e. The topological polar surface area (TPSA) is 40.1 Å². The maximum Gasteiger partial charge on any atom is 0.403 e. The van der Waals surface area contributed by atoms with Gasteiger partial charge in [0, 0.05) is 39.8 Å². The third-order valence-electron chi connectivity index (χ3n) is 4.79. The van der Waals surface area contributed by atoms with Crippen molar-refractivity contribution in [1.82, 2.24) is 15.1 Å². The van der Waals surface area contributed by atoms with Gasteiger partial charge in [0.25, 0.3) is 0 Å². The van der Waals surface area contributed by atoms with Crippen molar-refractivity contribution in [2.24, 2.45) is 4.99 Å². The Hall–Kier alpha value is -1.67. The van der Waals surface area contributed by atoms with Gasteiger partial charge in [0.1, 0.15) is 18.4 Å². The number of hydrogen-bond acceptors (Lipinski definition) is 3. The Balaban J connectivity index is 0.00000420. The van der Waals surface area contributed by atoms with E-state index in [0.29, 0.717) is 38.7 Å². The minimum absolute atomic E-state index is 0. The summed E-state index contributed by atoms with van der Waals surface area (Å²) in [5, 5.41) is 3.29. The van der Waals surface area contributed by atoms with Crippen molar-refractivity contribution < 1.29 is 17.9 Å². The molecular weight excluding hydrogens is 496 g/mol. The molecule has 0 bridgehead atoms. The van der Waals surface area contributed by atoms with Crippen LogP contribution < -0.4 is 10.1 Å². The summed E-state index contributed by atoms with van der Waals surface area (Å²) in [5.41, 5.74) is 1.14. The van der Waals surface area contributed by atoms with Crippen LogP contribution in [0.2, 0.25) is 0 Å². The lowest BCUT2D eigenvalue weighted by molar-refractivity contribution is -0.181. The largest absolute Gasteiger partial charge is 0.481 e. The summed E-state index contributed by atoms with van der Waals surface area (Å²) in [6.07, 6.45) is 1.77. The van der Waals surface area contributed by atoms with E-state index in [1.807, 2.05) is 29.2 Å². The summed E-state index contributed by atoms with van der Waals surface area (Å²) in [5.74, 6) is 3.87. The summed E-state index contributed by atoms with van der Waals surface area (Å²) in [6.45, 7) is 3.89. The van der Waals surface area contributed by atoms with E-state index in [2.05, 4.69) is 16.2 Å². The number of hydrogen-bond donors (Lipinski definition) is 1. The molecule has 1 heterocycles. The second kappa shape index (κ2) is 12.1. The van der Waals surface area contributed by atoms with Gasteiger partial charge in [-0.25, -0.2) is 0 Å².